The standard InChI is InChI=1S/C22H20N2O6S/c1-2-30-22(27)20-15(17-7-4-8-31-17)10-16-19(21(20)26)14(11-18(25)23-16)12-5-3-6-13(9-12)24(28)29/h3-9,14-15,20H,2,10-11H2,1H3,(H,23,25)/t14-,15-,20+/m0/s1. The van der Waals surface area contributed by atoms with E-state index in [2.05, 4.69) is 5.32 Å². The number of ether oxygens (including phenoxy) is 1. The van der Waals surface area contributed by atoms with Crippen molar-refractivity contribution in [3.63, 3.8) is 0 Å². The van der Waals surface area contributed by atoms with Gasteiger partial charge >= 0.3 is 5.97 Å². The minimum absolute atomic E-state index is 0.0229. The topological polar surface area (TPSA) is 116 Å². The van der Waals surface area contributed by atoms with Gasteiger partial charge in [0.1, 0.15) is 5.92 Å². The lowest BCUT2D eigenvalue weighted by molar-refractivity contribution is -0.384. The molecule has 0 saturated heterocycles. The third-order valence-corrected chi connectivity index (χ3v) is 6.66. The molecule has 31 heavy (non-hydrogen) atoms. The van der Waals surface area contributed by atoms with Crippen molar-refractivity contribution >= 4 is 34.7 Å². The number of ketones is 1. The molecule has 2 aromatic rings. The highest BCUT2D eigenvalue weighted by atomic mass is 32.1. The summed E-state index contributed by atoms with van der Waals surface area (Å²) >= 11 is 1.44. The molecule has 0 saturated carbocycles. The molecule has 0 spiro atoms. The number of carbonyl (C=O) groups is 3. The Kier molecular flexibility index (Phi) is 5.69. The fourth-order valence-corrected chi connectivity index (χ4v) is 5.23. The van der Waals surface area contributed by atoms with E-state index in [0.29, 0.717) is 23.3 Å². The van der Waals surface area contributed by atoms with Crippen LogP contribution in [0.4, 0.5) is 5.69 Å². The highest BCUT2D eigenvalue weighted by Gasteiger charge is 2.48. The number of nitro benzene ring substituents is 1. The molecule has 0 unspecified atom stereocenters. The highest BCUT2D eigenvalue weighted by molar-refractivity contribution is 7.10. The van der Waals surface area contributed by atoms with Crippen molar-refractivity contribution in [1.82, 2.24) is 5.32 Å². The molecule has 1 aliphatic heterocycles. The van der Waals surface area contributed by atoms with E-state index in [4.69, 9.17) is 4.74 Å². The number of allylic oxidation sites excluding steroid dienone is 2. The fraction of sp³-hybridized carbons (Fsp3) is 0.318. The lowest BCUT2D eigenvalue weighted by Crippen LogP contribution is -2.44. The third kappa shape index (κ3) is 3.88. The van der Waals surface area contributed by atoms with Crippen molar-refractivity contribution in [3.05, 3.63) is 73.6 Å². The molecule has 1 aliphatic carbocycles. The van der Waals surface area contributed by atoms with Crippen molar-refractivity contribution in [2.75, 3.05) is 6.61 Å². The zero-order chi connectivity index (χ0) is 22.1. The van der Waals surface area contributed by atoms with E-state index in [1.807, 2.05) is 17.5 Å². The predicted octanol–water partition coefficient (Wildman–Crippen LogP) is 3.45. The second-order valence-electron chi connectivity index (χ2n) is 7.47. The molecule has 1 aromatic carbocycles. The maximum absolute atomic E-state index is 13.7. The summed E-state index contributed by atoms with van der Waals surface area (Å²) in [4.78, 5) is 50.5. The predicted molar refractivity (Wildman–Crippen MR) is 112 cm³/mol. The summed E-state index contributed by atoms with van der Waals surface area (Å²) < 4.78 is 5.22. The maximum atomic E-state index is 13.7. The molecule has 1 aromatic heterocycles. The van der Waals surface area contributed by atoms with Gasteiger partial charge in [-0.2, -0.15) is 0 Å². The van der Waals surface area contributed by atoms with Crippen molar-refractivity contribution in [1.29, 1.82) is 0 Å². The monoisotopic (exact) mass is 440 g/mol. The van der Waals surface area contributed by atoms with Gasteiger partial charge in [0.25, 0.3) is 5.69 Å². The fourth-order valence-electron chi connectivity index (χ4n) is 4.36. The lowest BCUT2D eigenvalue weighted by Gasteiger charge is -2.37. The number of hydrogen-bond donors (Lipinski definition) is 1. The Bertz CT molecular complexity index is 1090. The molecule has 0 bridgehead atoms. The van der Waals surface area contributed by atoms with Crippen molar-refractivity contribution in [2.45, 2.75) is 31.6 Å². The van der Waals surface area contributed by atoms with Gasteiger partial charge in [0.15, 0.2) is 5.78 Å². The zero-order valence-corrected chi connectivity index (χ0v) is 17.5. The molecule has 8 nitrogen and oxygen atoms in total. The number of nitrogens with one attached hydrogen (secondary N) is 1. The Labute approximate surface area is 182 Å². The van der Waals surface area contributed by atoms with Crippen LogP contribution >= 0.6 is 11.3 Å². The molecule has 3 atom stereocenters. The first-order chi connectivity index (χ1) is 14.9. The van der Waals surface area contributed by atoms with E-state index in [0.717, 1.165) is 4.88 Å². The number of benzene rings is 1. The van der Waals surface area contributed by atoms with Gasteiger partial charge in [0, 0.05) is 46.5 Å². The number of amides is 1. The normalized spacial score (nSPS) is 23.2. The number of esters is 1. The van der Waals surface area contributed by atoms with Crippen LogP contribution in [0.5, 0.6) is 0 Å². The summed E-state index contributed by atoms with van der Waals surface area (Å²) in [7, 11) is 0. The average molecular weight is 440 g/mol. The molecular weight excluding hydrogens is 420 g/mol. The van der Waals surface area contributed by atoms with Crippen LogP contribution < -0.4 is 5.32 Å². The number of Topliss-reactive ketones (excluding diaryl/α,β-unsaturated/α-hetero) is 1. The first-order valence-corrected chi connectivity index (χ1v) is 10.8. The zero-order valence-electron chi connectivity index (χ0n) is 16.7. The number of rotatable bonds is 5. The molecule has 9 heteroatoms. The second-order valence-corrected chi connectivity index (χ2v) is 8.45. The lowest BCUT2D eigenvalue weighted by atomic mass is 9.69. The van der Waals surface area contributed by atoms with Gasteiger partial charge in [-0.15, -0.1) is 11.3 Å². The number of hydrogen-bond acceptors (Lipinski definition) is 7. The van der Waals surface area contributed by atoms with Gasteiger partial charge in [-0.05, 0) is 30.4 Å². The van der Waals surface area contributed by atoms with E-state index >= 15 is 0 Å². The number of carbonyl (C=O) groups excluding carboxylic acids is 3. The van der Waals surface area contributed by atoms with Gasteiger partial charge in [-0.1, -0.05) is 18.2 Å². The van der Waals surface area contributed by atoms with Gasteiger partial charge in [0.05, 0.1) is 11.5 Å². The number of nitro groups is 1. The summed E-state index contributed by atoms with van der Waals surface area (Å²) in [6, 6.07) is 9.65. The minimum Gasteiger partial charge on any atom is -0.465 e. The van der Waals surface area contributed by atoms with E-state index in [1.54, 1.807) is 13.0 Å². The van der Waals surface area contributed by atoms with Crippen molar-refractivity contribution in [3.8, 4) is 0 Å². The minimum atomic E-state index is -1.02. The molecule has 160 valence electrons. The first-order valence-electron chi connectivity index (χ1n) is 9.92. The van der Waals surface area contributed by atoms with Crippen LogP contribution in [0, 0.1) is 16.0 Å². The number of thiophene rings is 1. The van der Waals surface area contributed by atoms with Crippen LogP contribution in [0.15, 0.2) is 53.0 Å². The Morgan fingerprint density at radius 2 is 2.06 bits per heavy atom. The second kappa shape index (κ2) is 8.43. The average Bonchev–Trinajstić information content (AvgIpc) is 3.27. The van der Waals surface area contributed by atoms with Crippen molar-refractivity contribution in [2.24, 2.45) is 5.92 Å². The smallest absolute Gasteiger partial charge is 0.317 e. The number of nitrogens with zero attached hydrogens (tertiary/aromatic N) is 1. The van der Waals surface area contributed by atoms with Gasteiger partial charge < -0.3 is 10.1 Å². The van der Waals surface area contributed by atoms with Gasteiger partial charge in [-0.25, -0.2) is 0 Å². The van der Waals surface area contributed by atoms with Crippen LogP contribution in [-0.4, -0.2) is 29.2 Å². The van der Waals surface area contributed by atoms with Crippen LogP contribution in [0.1, 0.15) is 42.0 Å². The molecule has 0 fully saturated rings. The van der Waals surface area contributed by atoms with E-state index in [-0.39, 0.29) is 24.6 Å². The molecule has 1 N–H and O–H groups in total. The summed E-state index contributed by atoms with van der Waals surface area (Å²) in [6.07, 6.45) is 0.285. The Balaban J connectivity index is 1.82. The van der Waals surface area contributed by atoms with Gasteiger partial charge in [0.2, 0.25) is 5.91 Å². The van der Waals surface area contributed by atoms with E-state index in [1.165, 1.54) is 29.5 Å². The molecule has 4 rings (SSSR count). The molecule has 1 amide bonds. The summed E-state index contributed by atoms with van der Waals surface area (Å²) in [5, 5.41) is 15.9. The number of non-ortho nitro benzene ring substituents is 1. The van der Waals surface area contributed by atoms with Gasteiger partial charge in [-0.3, -0.25) is 24.5 Å². The van der Waals surface area contributed by atoms with Crippen LogP contribution in [0.25, 0.3) is 0 Å². The third-order valence-electron chi connectivity index (χ3n) is 5.66. The summed E-state index contributed by atoms with van der Waals surface area (Å²) in [5.74, 6) is -3.36. The molecule has 2 aliphatic rings. The van der Waals surface area contributed by atoms with Crippen LogP contribution in [0.3, 0.4) is 0 Å². The van der Waals surface area contributed by atoms with Crippen LogP contribution in [0.2, 0.25) is 0 Å². The Morgan fingerprint density at radius 1 is 1.26 bits per heavy atom. The Hall–Kier alpha value is -3.33. The quantitative estimate of drug-likeness (QED) is 0.330. The highest BCUT2D eigenvalue weighted by Crippen LogP contribution is 2.46. The molecular formula is C22H20N2O6S. The summed E-state index contributed by atoms with van der Waals surface area (Å²) in [6.45, 7) is 1.83. The SMILES string of the molecule is CCOC(=O)[C@H]1C(=O)C2=C(C[C@H]1c1cccs1)NC(=O)C[C@H]2c1cccc([N+](=O)[O-])c1. The summed E-state index contributed by atoms with van der Waals surface area (Å²) in [5.41, 5.74) is 1.21. The van der Waals surface area contributed by atoms with E-state index in [9.17, 15) is 24.5 Å². The largest absolute Gasteiger partial charge is 0.465 e. The first kappa shape index (κ1) is 20.9. The van der Waals surface area contributed by atoms with Crippen LogP contribution in [-0.2, 0) is 19.1 Å². The Morgan fingerprint density at radius 3 is 2.74 bits per heavy atom. The van der Waals surface area contributed by atoms with E-state index < -0.39 is 34.4 Å². The maximum Gasteiger partial charge on any atom is 0.317 e. The van der Waals surface area contributed by atoms with Crippen molar-refractivity contribution < 1.29 is 24.0 Å². The molecule has 0 radical (unpaired) electrons. The molecule has 2 heterocycles.